The molecule has 4 fully saturated rings. The van der Waals surface area contributed by atoms with Gasteiger partial charge in [-0.05, 0) is 30.8 Å². The quantitative estimate of drug-likeness (QED) is 0.257. The molecule has 0 radical (unpaired) electrons. The number of ether oxygens (including phenoxy) is 1. The monoisotopic (exact) mass is 686 g/mol. The van der Waals surface area contributed by atoms with Gasteiger partial charge in [0.1, 0.15) is 47.6 Å². The number of anilines is 1. The van der Waals surface area contributed by atoms with Crippen molar-refractivity contribution >= 4 is 62.1 Å². The van der Waals surface area contributed by atoms with Crippen LogP contribution in [-0.4, -0.2) is 108 Å². The molecule has 4 aliphatic heterocycles. The van der Waals surface area contributed by atoms with Gasteiger partial charge in [-0.2, -0.15) is 4.37 Å². The van der Waals surface area contributed by atoms with Crippen LogP contribution in [-0.2, 0) is 36.8 Å². The van der Waals surface area contributed by atoms with Gasteiger partial charge in [0.05, 0.1) is 36.6 Å². The maximum atomic E-state index is 13.3. The Morgan fingerprint density at radius 1 is 1.16 bits per heavy atom. The summed E-state index contributed by atoms with van der Waals surface area (Å²) >= 11 is 1.06. The molecule has 2 aromatic rings. The van der Waals surface area contributed by atoms with Crippen LogP contribution in [0.1, 0.15) is 30.7 Å². The predicted octanol–water partition coefficient (Wildman–Crippen LogP) is -0.147. The maximum Gasteiger partial charge on any atom is 0.472 e. The average molecular weight is 687 g/mol. The van der Waals surface area contributed by atoms with E-state index in [-0.39, 0.29) is 18.1 Å². The third kappa shape index (κ3) is 4.86. The summed E-state index contributed by atoms with van der Waals surface area (Å²) in [5, 5.41) is 14.1. The third-order valence-electron chi connectivity index (χ3n) is 9.23. The van der Waals surface area contributed by atoms with Crippen LogP contribution in [0, 0.1) is 11.3 Å². The van der Waals surface area contributed by atoms with Crippen LogP contribution in [0.5, 0.6) is 0 Å². The highest BCUT2D eigenvalue weighted by molar-refractivity contribution is 7.47. The Morgan fingerprint density at radius 3 is 2.78 bits per heavy atom. The fourth-order valence-electron chi connectivity index (χ4n) is 7.13. The number of amides is 1. The summed E-state index contributed by atoms with van der Waals surface area (Å²) in [5.74, 6) is -0.233. The molecule has 22 heteroatoms. The number of nitrogens with two attached hydrogens (primary N) is 1. The molecule has 12 atom stereocenters. The molecule has 19 nitrogen and oxygen atoms in total. The number of phosphoric acid groups is 2. The van der Waals surface area contributed by atoms with Gasteiger partial charge in [0.15, 0.2) is 18.0 Å². The lowest BCUT2D eigenvalue weighted by atomic mass is 10.00. The number of nitrogen functional groups attached to an aromatic ring is 1. The number of aromatic nitrogens is 3. The average Bonchev–Trinajstić information content (AvgIpc) is 3.31. The summed E-state index contributed by atoms with van der Waals surface area (Å²) in [4.78, 5) is 53.2. The second-order valence-electron chi connectivity index (χ2n) is 11.9. The van der Waals surface area contributed by atoms with Crippen LogP contribution < -0.4 is 11.1 Å². The lowest BCUT2D eigenvalue weighted by Gasteiger charge is -2.36. The summed E-state index contributed by atoms with van der Waals surface area (Å²) in [7, 11) is -9.60. The number of aliphatic hydroxyl groups excluding tert-OH is 1. The van der Waals surface area contributed by atoms with E-state index in [1.165, 1.54) is 12.7 Å². The first-order chi connectivity index (χ1) is 21.4. The highest BCUT2D eigenvalue weighted by Crippen LogP contribution is 2.70. The van der Waals surface area contributed by atoms with Gasteiger partial charge in [-0.15, -0.1) is 0 Å². The van der Waals surface area contributed by atoms with Gasteiger partial charge >= 0.3 is 15.6 Å². The molecule has 2 saturated heterocycles. The molecule has 1 amide bonds. The van der Waals surface area contributed by atoms with Crippen molar-refractivity contribution in [2.45, 2.75) is 68.5 Å². The Labute approximate surface area is 258 Å². The van der Waals surface area contributed by atoms with Crippen molar-refractivity contribution in [2.24, 2.45) is 21.3 Å². The van der Waals surface area contributed by atoms with E-state index in [4.69, 9.17) is 28.6 Å². The Morgan fingerprint density at radius 2 is 1.96 bits per heavy atom. The predicted molar refractivity (Wildman–Crippen MR) is 153 cm³/mol. The molecule has 2 aromatic heterocycles. The van der Waals surface area contributed by atoms with Crippen LogP contribution in [0.3, 0.4) is 0 Å². The number of rotatable bonds is 2. The van der Waals surface area contributed by atoms with Crippen molar-refractivity contribution in [1.29, 1.82) is 0 Å². The highest BCUT2D eigenvalue weighted by Gasteiger charge is 2.75. The Kier molecular flexibility index (Phi) is 6.81. The zero-order chi connectivity index (χ0) is 31.5. The van der Waals surface area contributed by atoms with E-state index in [2.05, 4.69) is 29.6 Å². The van der Waals surface area contributed by atoms with Gasteiger partial charge in [0.25, 0.3) is 5.91 Å². The largest absolute Gasteiger partial charge is 0.472 e. The van der Waals surface area contributed by atoms with E-state index >= 15 is 0 Å². The molecule has 6 aliphatic rings. The molecule has 1 spiro atoms. The molecular weight excluding hydrogens is 658 g/mol. The normalized spacial score (nSPS) is 46.0. The lowest BCUT2D eigenvalue weighted by Crippen LogP contribution is -2.55. The summed E-state index contributed by atoms with van der Waals surface area (Å²) in [6, 6.07) is -1.60. The zero-order valence-corrected chi connectivity index (χ0v) is 26.0. The van der Waals surface area contributed by atoms with Crippen molar-refractivity contribution in [1.82, 2.24) is 24.6 Å². The summed E-state index contributed by atoms with van der Waals surface area (Å²) < 4.78 is 58.9. The van der Waals surface area contributed by atoms with Crippen LogP contribution in [0.15, 0.2) is 16.3 Å². The lowest BCUT2D eigenvalue weighted by molar-refractivity contribution is -0.122. The number of nitrogens with zero attached hydrogens (tertiary/aromatic N) is 6. The van der Waals surface area contributed by atoms with Gasteiger partial charge in [-0.25, -0.2) is 24.1 Å². The van der Waals surface area contributed by atoms with Crippen molar-refractivity contribution in [2.75, 3.05) is 18.9 Å². The molecule has 0 bridgehead atoms. The number of fused-ring (bicyclic) bond motifs is 3. The molecule has 6 N–H and O–H groups in total. The van der Waals surface area contributed by atoms with E-state index in [1.54, 1.807) is 11.8 Å². The van der Waals surface area contributed by atoms with Crippen molar-refractivity contribution < 1.29 is 51.6 Å². The first-order valence-corrected chi connectivity index (χ1v) is 17.8. The van der Waals surface area contributed by atoms with Crippen molar-refractivity contribution in [3.8, 4) is 0 Å². The van der Waals surface area contributed by atoms with Gasteiger partial charge in [-0.3, -0.25) is 27.9 Å². The highest BCUT2D eigenvalue weighted by atomic mass is 32.1. The molecule has 2 aliphatic carbocycles. The number of hydrogen-bond donors (Lipinski definition) is 5. The second kappa shape index (κ2) is 10.3. The topological polar surface area (TPSA) is 263 Å². The molecule has 242 valence electrons. The summed E-state index contributed by atoms with van der Waals surface area (Å²) in [6.45, 7) is 0.627. The summed E-state index contributed by atoms with van der Waals surface area (Å²) in [5.41, 5.74) is 5.57. The van der Waals surface area contributed by atoms with Gasteiger partial charge in [-0.1, -0.05) is 0 Å². The molecule has 2 saturated carbocycles. The fraction of sp³-hybridized carbons (Fsp3) is 0.652. The third-order valence-corrected chi connectivity index (χ3v) is 12.1. The molecule has 8 rings (SSSR count). The molecule has 6 heterocycles. The number of carbonyl (C=O) groups excluding carboxylic acids is 1. The van der Waals surface area contributed by atoms with Gasteiger partial charge in [0.2, 0.25) is 0 Å². The second-order valence-corrected chi connectivity index (χ2v) is 15.5. The molecular formula is C23H28N8O11P2S. The van der Waals surface area contributed by atoms with Crippen LogP contribution in [0.2, 0.25) is 0 Å². The van der Waals surface area contributed by atoms with Crippen LogP contribution >= 0.6 is 27.2 Å². The van der Waals surface area contributed by atoms with Crippen molar-refractivity contribution in [3.05, 3.63) is 11.2 Å². The minimum Gasteiger partial charge on any atom is -0.388 e. The Balaban J connectivity index is 1.06. The van der Waals surface area contributed by atoms with Crippen LogP contribution in [0.25, 0.3) is 11.0 Å². The van der Waals surface area contributed by atoms with Crippen LogP contribution in [0.4, 0.5) is 5.82 Å². The maximum absolute atomic E-state index is 13.3. The standard InChI is InChI=1S/C23H28N8O11P2S/c1-8-28-21-15(22(33)29-8)27-7-31(21)16-9-3-23(9)5-39-44(36,37)41-10-2-11(18-13-14(30-45-18)20(24)26-6-25-13)40-12(10)4-38-43(34,35)42-19(23)17(16)32/h6-7,9-12,15-17,19,21,32H,2-5H2,1H3,(H,34,35)(H,36,37)(H2,24,25,26)(H,28,29,33)/t9-,10+,11-,12-,15?,16-,17+,19+,21?,23?/m1/s1. The first-order valence-electron chi connectivity index (χ1n) is 14.0. The molecule has 0 aromatic carbocycles. The number of amidine groups is 1. The summed E-state index contributed by atoms with van der Waals surface area (Å²) in [6.07, 6.45) is -3.38. The van der Waals surface area contributed by atoms with E-state index < -0.39 is 89.0 Å². The Hall–Kier alpha value is -2.48. The minimum atomic E-state index is -4.85. The number of phosphoric ester groups is 2. The molecule has 5 unspecified atom stereocenters. The fourth-order valence-corrected chi connectivity index (χ4v) is 10.1. The smallest absolute Gasteiger partial charge is 0.388 e. The minimum absolute atomic E-state index is 0.0429. The number of aliphatic imine (C=N–C) groups is 2. The molecule has 45 heavy (non-hydrogen) atoms. The zero-order valence-electron chi connectivity index (χ0n) is 23.4. The number of hydrogen-bond acceptors (Lipinski definition) is 17. The number of nitrogens with one attached hydrogen (secondary N) is 1. The van der Waals surface area contributed by atoms with Gasteiger partial charge in [0, 0.05) is 11.8 Å². The van der Waals surface area contributed by atoms with Crippen molar-refractivity contribution in [3.63, 3.8) is 0 Å². The van der Waals surface area contributed by atoms with E-state index in [0.717, 1.165) is 11.5 Å². The SMILES string of the molecule is CC1=NC2C(N=CN2[C@H]2[C@H](O)[C@@H]3OP(=O)(O)OC[C@H]4O[C@@H](c5snc6c(N)ncnc56)C[C@@H]4OP(=O)(O)OCC34C[C@H]24)C(=O)N1. The van der Waals surface area contributed by atoms with E-state index in [0.29, 0.717) is 28.2 Å². The number of aliphatic hydroxyl groups is 1. The first kappa shape index (κ1) is 29.9. The van der Waals surface area contributed by atoms with Gasteiger partial charge < -0.3 is 35.6 Å². The van der Waals surface area contributed by atoms with E-state index in [1.807, 2.05) is 0 Å². The Bertz CT molecular complexity index is 1750. The van der Waals surface area contributed by atoms with E-state index in [9.17, 15) is 28.8 Å². The number of carbonyl (C=O) groups is 1.